The highest BCUT2D eigenvalue weighted by Crippen LogP contribution is 2.11. The molecule has 7 heteroatoms. The molecule has 0 radical (unpaired) electrons. The molecule has 2 aromatic carbocycles. The van der Waals surface area contributed by atoms with Crippen LogP contribution in [0.4, 0.5) is 0 Å². The lowest BCUT2D eigenvalue weighted by Crippen LogP contribution is -2.40. The third-order valence-corrected chi connectivity index (χ3v) is 4.73. The van der Waals surface area contributed by atoms with Gasteiger partial charge in [-0.05, 0) is 36.4 Å². The lowest BCUT2D eigenvalue weighted by molar-refractivity contribution is 0.0303. The second kappa shape index (κ2) is 8.20. The predicted molar refractivity (Wildman–Crippen MR) is 109 cm³/mol. The Kier molecular flexibility index (Phi) is 5.31. The number of nitrogens with one attached hydrogen (secondary N) is 1. The number of ether oxygens (including phenoxy) is 1. The van der Waals surface area contributed by atoms with Crippen LogP contribution in [0.5, 0.6) is 0 Å². The number of ketones is 1. The number of hydrogen-bond acceptors (Lipinski definition) is 5. The van der Waals surface area contributed by atoms with E-state index in [1.165, 1.54) is 12.2 Å². The topological polar surface area (TPSA) is 92.4 Å². The summed E-state index contributed by atoms with van der Waals surface area (Å²) in [6, 6.07) is 13.7. The smallest absolute Gasteiger partial charge is 0.274 e. The number of aromatic nitrogens is 2. The number of H-pyrrole nitrogens is 1. The Bertz CT molecular complexity index is 1140. The minimum Gasteiger partial charge on any atom is -0.378 e. The van der Waals surface area contributed by atoms with Gasteiger partial charge in [0.1, 0.15) is 5.69 Å². The number of nitrogens with zero attached hydrogens (tertiary/aromatic N) is 2. The summed E-state index contributed by atoms with van der Waals surface area (Å²) in [6.07, 6.45) is 2.71. The SMILES string of the molecule is O=C(C=Cc1nc2ccccc2[nH]c1=O)c1ccc(C(=O)N2CCOCC2)cc1. The molecule has 1 saturated heterocycles. The number of rotatable bonds is 4. The average Bonchev–Trinajstić information content (AvgIpc) is 2.77. The third-order valence-electron chi connectivity index (χ3n) is 4.73. The van der Waals surface area contributed by atoms with Gasteiger partial charge < -0.3 is 14.6 Å². The number of hydrogen-bond donors (Lipinski definition) is 1. The van der Waals surface area contributed by atoms with Crippen molar-refractivity contribution in [3.05, 3.63) is 81.8 Å². The van der Waals surface area contributed by atoms with E-state index in [0.29, 0.717) is 48.5 Å². The van der Waals surface area contributed by atoms with Gasteiger partial charge >= 0.3 is 0 Å². The molecule has 4 rings (SSSR count). The van der Waals surface area contributed by atoms with Crippen LogP contribution < -0.4 is 5.56 Å². The molecule has 3 aromatic rings. The first-order chi connectivity index (χ1) is 14.1. The number of benzene rings is 2. The molecule has 1 aliphatic rings. The number of morpholine rings is 1. The van der Waals surface area contributed by atoms with Gasteiger partial charge in [-0.25, -0.2) is 4.98 Å². The van der Waals surface area contributed by atoms with Crippen molar-refractivity contribution in [1.29, 1.82) is 0 Å². The zero-order valence-corrected chi connectivity index (χ0v) is 15.6. The first-order valence-corrected chi connectivity index (χ1v) is 9.30. The van der Waals surface area contributed by atoms with Crippen molar-refractivity contribution < 1.29 is 14.3 Å². The first-order valence-electron chi connectivity index (χ1n) is 9.30. The van der Waals surface area contributed by atoms with Crippen molar-refractivity contribution in [2.24, 2.45) is 0 Å². The number of para-hydroxylation sites is 2. The lowest BCUT2D eigenvalue weighted by Gasteiger charge is -2.26. The number of carbonyl (C=O) groups is 2. The number of carbonyl (C=O) groups excluding carboxylic acids is 2. The van der Waals surface area contributed by atoms with Crippen LogP contribution in [0.25, 0.3) is 17.1 Å². The Hall–Kier alpha value is -3.58. The van der Waals surface area contributed by atoms with Crippen LogP contribution in [0.15, 0.2) is 59.4 Å². The highest BCUT2D eigenvalue weighted by molar-refractivity contribution is 6.07. The van der Waals surface area contributed by atoms with Gasteiger partial charge in [-0.2, -0.15) is 0 Å². The van der Waals surface area contributed by atoms with Crippen molar-refractivity contribution in [3.8, 4) is 0 Å². The highest BCUT2D eigenvalue weighted by atomic mass is 16.5. The molecular formula is C22H19N3O4. The fourth-order valence-corrected chi connectivity index (χ4v) is 3.13. The Balaban J connectivity index is 1.49. The second-order valence-corrected chi connectivity index (χ2v) is 6.65. The normalized spacial score (nSPS) is 14.4. The summed E-state index contributed by atoms with van der Waals surface area (Å²) in [5, 5.41) is 0. The summed E-state index contributed by atoms with van der Waals surface area (Å²) in [6.45, 7) is 2.20. The van der Waals surface area contributed by atoms with Gasteiger partial charge in [0.15, 0.2) is 5.78 Å². The van der Waals surface area contributed by atoms with Crippen LogP contribution in [0.1, 0.15) is 26.4 Å². The fourth-order valence-electron chi connectivity index (χ4n) is 3.13. The Labute approximate surface area is 166 Å². The van der Waals surface area contributed by atoms with E-state index < -0.39 is 0 Å². The first kappa shape index (κ1) is 18.8. The van der Waals surface area contributed by atoms with E-state index in [1.54, 1.807) is 41.3 Å². The molecule has 0 unspecified atom stereocenters. The molecule has 0 saturated carbocycles. The largest absolute Gasteiger partial charge is 0.378 e. The van der Waals surface area contributed by atoms with Gasteiger partial charge in [0.05, 0.1) is 24.2 Å². The summed E-state index contributed by atoms with van der Waals surface area (Å²) < 4.78 is 5.26. The zero-order valence-electron chi connectivity index (χ0n) is 15.6. The molecule has 2 heterocycles. The summed E-state index contributed by atoms with van der Waals surface area (Å²) in [5.41, 5.74) is 2.04. The second-order valence-electron chi connectivity index (χ2n) is 6.65. The van der Waals surface area contributed by atoms with Crippen molar-refractivity contribution in [3.63, 3.8) is 0 Å². The average molecular weight is 389 g/mol. The molecule has 146 valence electrons. The van der Waals surface area contributed by atoms with E-state index in [9.17, 15) is 14.4 Å². The Morgan fingerprint density at radius 2 is 1.69 bits per heavy atom. The highest BCUT2D eigenvalue weighted by Gasteiger charge is 2.18. The number of fused-ring (bicyclic) bond motifs is 1. The molecule has 0 aliphatic carbocycles. The van der Waals surface area contributed by atoms with E-state index in [1.807, 2.05) is 12.1 Å². The Morgan fingerprint density at radius 3 is 2.45 bits per heavy atom. The Morgan fingerprint density at radius 1 is 1.00 bits per heavy atom. The van der Waals surface area contributed by atoms with Crippen molar-refractivity contribution in [1.82, 2.24) is 14.9 Å². The van der Waals surface area contributed by atoms with Crippen molar-refractivity contribution >= 4 is 28.8 Å². The molecule has 1 fully saturated rings. The monoisotopic (exact) mass is 389 g/mol. The molecule has 7 nitrogen and oxygen atoms in total. The lowest BCUT2D eigenvalue weighted by atomic mass is 10.1. The van der Waals surface area contributed by atoms with Crippen molar-refractivity contribution in [2.75, 3.05) is 26.3 Å². The van der Waals surface area contributed by atoms with E-state index >= 15 is 0 Å². The van der Waals surface area contributed by atoms with Crippen LogP contribution >= 0.6 is 0 Å². The van der Waals surface area contributed by atoms with Gasteiger partial charge in [0.25, 0.3) is 11.5 Å². The predicted octanol–water partition coefficient (Wildman–Crippen LogP) is 2.29. The van der Waals surface area contributed by atoms with E-state index in [4.69, 9.17) is 4.74 Å². The number of allylic oxidation sites excluding steroid dienone is 1. The molecule has 1 amide bonds. The standard InChI is InChI=1S/C22H19N3O4/c26-20(10-9-19-21(27)24-18-4-2-1-3-17(18)23-19)15-5-7-16(8-6-15)22(28)25-11-13-29-14-12-25/h1-10H,11-14H2,(H,24,27). The van der Waals surface area contributed by atoms with E-state index in [2.05, 4.69) is 9.97 Å². The molecule has 0 bridgehead atoms. The molecule has 1 aliphatic heterocycles. The van der Waals surface area contributed by atoms with Crippen molar-refractivity contribution in [2.45, 2.75) is 0 Å². The summed E-state index contributed by atoms with van der Waals surface area (Å²) >= 11 is 0. The number of aromatic amines is 1. The zero-order chi connectivity index (χ0) is 20.2. The summed E-state index contributed by atoms with van der Waals surface area (Å²) in [5.74, 6) is -0.348. The van der Waals surface area contributed by atoms with Crippen LogP contribution in [0.3, 0.4) is 0 Å². The molecule has 29 heavy (non-hydrogen) atoms. The van der Waals surface area contributed by atoms with Crippen LogP contribution in [-0.4, -0.2) is 52.9 Å². The maximum atomic E-state index is 12.5. The fraction of sp³-hybridized carbons (Fsp3) is 0.182. The minimum atomic E-state index is -0.362. The van der Waals surface area contributed by atoms with E-state index in [0.717, 1.165) is 0 Å². The van der Waals surface area contributed by atoms with Gasteiger partial charge in [0.2, 0.25) is 0 Å². The maximum Gasteiger partial charge on any atom is 0.274 e. The van der Waals surface area contributed by atoms with Crippen LogP contribution in [0.2, 0.25) is 0 Å². The van der Waals surface area contributed by atoms with E-state index in [-0.39, 0.29) is 22.9 Å². The van der Waals surface area contributed by atoms with Gasteiger partial charge in [-0.3, -0.25) is 14.4 Å². The maximum absolute atomic E-state index is 12.5. The van der Waals surface area contributed by atoms with Gasteiger partial charge in [-0.15, -0.1) is 0 Å². The molecule has 1 aromatic heterocycles. The number of amides is 1. The summed E-state index contributed by atoms with van der Waals surface area (Å²) in [7, 11) is 0. The minimum absolute atomic E-state index is 0.0743. The van der Waals surface area contributed by atoms with Crippen LogP contribution in [0, 0.1) is 0 Å². The molecule has 1 N–H and O–H groups in total. The van der Waals surface area contributed by atoms with Crippen LogP contribution in [-0.2, 0) is 4.74 Å². The molecule has 0 spiro atoms. The quantitative estimate of drug-likeness (QED) is 0.546. The molecular weight excluding hydrogens is 370 g/mol. The third kappa shape index (κ3) is 4.14. The summed E-state index contributed by atoms with van der Waals surface area (Å²) in [4.78, 5) is 45.8. The van der Waals surface area contributed by atoms with Gasteiger partial charge in [-0.1, -0.05) is 24.3 Å². The van der Waals surface area contributed by atoms with Gasteiger partial charge in [0, 0.05) is 24.2 Å². The molecule has 0 atom stereocenters.